The van der Waals surface area contributed by atoms with E-state index in [-0.39, 0.29) is 5.02 Å². The van der Waals surface area contributed by atoms with Gasteiger partial charge in [0, 0.05) is 28.7 Å². The lowest BCUT2D eigenvalue weighted by atomic mass is 10.1. The molecule has 0 radical (unpaired) electrons. The van der Waals surface area contributed by atoms with Gasteiger partial charge in [0.05, 0.1) is 34.0 Å². The number of aryl methyl sites for hydroxylation is 1. The predicted octanol–water partition coefficient (Wildman–Crippen LogP) is 5.29. The summed E-state index contributed by atoms with van der Waals surface area (Å²) in [5, 5.41) is 23.9. The SMILES string of the molecule is Cc1cc(CNc2ccc3ncc(C#N)c(Nc4ccc(F)c(Cl)c4)c3c2)n[nH]1. The largest absolute Gasteiger partial charge is 0.379 e. The molecule has 0 bridgehead atoms. The first-order valence-corrected chi connectivity index (χ1v) is 9.21. The van der Waals surface area contributed by atoms with Crippen LogP contribution in [0.4, 0.5) is 21.5 Å². The van der Waals surface area contributed by atoms with Crippen molar-refractivity contribution in [1.82, 2.24) is 15.2 Å². The molecule has 4 aromatic rings. The molecule has 8 heteroatoms. The molecule has 144 valence electrons. The van der Waals surface area contributed by atoms with E-state index < -0.39 is 5.82 Å². The fourth-order valence-corrected chi connectivity index (χ4v) is 3.18. The van der Waals surface area contributed by atoms with Crippen LogP contribution in [0.3, 0.4) is 0 Å². The van der Waals surface area contributed by atoms with Gasteiger partial charge in [-0.2, -0.15) is 10.4 Å². The van der Waals surface area contributed by atoms with Gasteiger partial charge in [-0.15, -0.1) is 0 Å². The van der Waals surface area contributed by atoms with Gasteiger partial charge in [0.15, 0.2) is 0 Å². The molecule has 0 amide bonds. The number of fused-ring (bicyclic) bond motifs is 1. The lowest BCUT2D eigenvalue weighted by Crippen LogP contribution is -2.01. The summed E-state index contributed by atoms with van der Waals surface area (Å²) in [5.41, 5.74) is 5.00. The molecule has 0 aliphatic rings. The lowest BCUT2D eigenvalue weighted by molar-refractivity contribution is 0.628. The van der Waals surface area contributed by atoms with Crippen molar-refractivity contribution in [2.45, 2.75) is 13.5 Å². The molecule has 0 saturated carbocycles. The van der Waals surface area contributed by atoms with Gasteiger partial charge >= 0.3 is 0 Å². The van der Waals surface area contributed by atoms with Crippen LogP contribution in [0.5, 0.6) is 0 Å². The standard InChI is InChI=1S/C21H16ClFN6/c1-12-6-16(29-28-12)11-25-14-3-5-20-17(7-14)21(13(9-24)10-26-20)27-15-2-4-19(23)18(22)8-15/h2-8,10,25H,11H2,1H3,(H,26,27)(H,28,29). The minimum absolute atomic E-state index is 0.00326. The summed E-state index contributed by atoms with van der Waals surface area (Å²) in [6.45, 7) is 2.50. The second-order valence-corrected chi connectivity index (χ2v) is 6.95. The first-order valence-electron chi connectivity index (χ1n) is 8.83. The summed E-state index contributed by atoms with van der Waals surface area (Å²) in [4.78, 5) is 4.35. The summed E-state index contributed by atoms with van der Waals surface area (Å²) in [6.07, 6.45) is 1.51. The average molecular weight is 407 g/mol. The van der Waals surface area contributed by atoms with Gasteiger partial charge in [-0.1, -0.05) is 11.6 Å². The van der Waals surface area contributed by atoms with Crippen molar-refractivity contribution in [3.8, 4) is 6.07 Å². The van der Waals surface area contributed by atoms with Gasteiger partial charge in [-0.3, -0.25) is 10.1 Å². The van der Waals surface area contributed by atoms with E-state index in [1.54, 1.807) is 6.07 Å². The zero-order valence-electron chi connectivity index (χ0n) is 15.4. The number of nitrogens with one attached hydrogen (secondary N) is 3. The molecule has 0 unspecified atom stereocenters. The third-order valence-corrected chi connectivity index (χ3v) is 4.70. The maximum absolute atomic E-state index is 13.5. The van der Waals surface area contributed by atoms with Crippen LogP contribution >= 0.6 is 11.6 Å². The number of benzene rings is 2. The van der Waals surface area contributed by atoms with E-state index in [4.69, 9.17) is 11.6 Å². The number of hydrogen-bond donors (Lipinski definition) is 3. The number of anilines is 3. The van der Waals surface area contributed by atoms with Gasteiger partial charge in [0.2, 0.25) is 0 Å². The van der Waals surface area contributed by atoms with Gasteiger partial charge < -0.3 is 10.6 Å². The maximum Gasteiger partial charge on any atom is 0.141 e. The summed E-state index contributed by atoms with van der Waals surface area (Å²) < 4.78 is 13.5. The Morgan fingerprint density at radius 1 is 1.17 bits per heavy atom. The zero-order valence-corrected chi connectivity index (χ0v) is 16.2. The number of halogens is 2. The Kier molecular flexibility index (Phi) is 5.02. The van der Waals surface area contributed by atoms with Crippen molar-refractivity contribution in [2.24, 2.45) is 0 Å². The average Bonchev–Trinajstić information content (AvgIpc) is 3.14. The molecule has 0 saturated heterocycles. The Morgan fingerprint density at radius 3 is 2.72 bits per heavy atom. The normalized spacial score (nSPS) is 10.7. The molecule has 6 nitrogen and oxygen atoms in total. The van der Waals surface area contributed by atoms with E-state index in [0.717, 1.165) is 28.0 Å². The van der Waals surface area contributed by atoms with E-state index in [9.17, 15) is 9.65 Å². The highest BCUT2D eigenvalue weighted by Gasteiger charge is 2.11. The number of nitrogens with zero attached hydrogens (tertiary/aromatic N) is 3. The molecule has 2 heterocycles. The minimum Gasteiger partial charge on any atom is -0.379 e. The number of aromatic nitrogens is 3. The topological polar surface area (TPSA) is 89.4 Å². The predicted molar refractivity (Wildman–Crippen MR) is 112 cm³/mol. The Morgan fingerprint density at radius 2 is 2.00 bits per heavy atom. The van der Waals surface area contributed by atoms with Crippen molar-refractivity contribution in [2.75, 3.05) is 10.6 Å². The molecule has 2 aromatic heterocycles. The van der Waals surface area contributed by atoms with Crippen LogP contribution in [0.15, 0.2) is 48.7 Å². The van der Waals surface area contributed by atoms with Crippen molar-refractivity contribution >= 4 is 39.6 Å². The molecule has 4 rings (SSSR count). The van der Waals surface area contributed by atoms with Crippen LogP contribution in [0.2, 0.25) is 5.02 Å². The van der Waals surface area contributed by atoms with Gasteiger partial charge in [0.25, 0.3) is 0 Å². The molecule has 29 heavy (non-hydrogen) atoms. The minimum atomic E-state index is -0.502. The lowest BCUT2D eigenvalue weighted by Gasteiger charge is -2.13. The fourth-order valence-electron chi connectivity index (χ4n) is 3.00. The summed E-state index contributed by atoms with van der Waals surface area (Å²) in [6, 6.07) is 14.1. The van der Waals surface area contributed by atoms with Crippen LogP contribution in [0.1, 0.15) is 17.0 Å². The number of hydrogen-bond acceptors (Lipinski definition) is 5. The Hall–Kier alpha value is -3.63. The Bertz CT molecular complexity index is 1240. The van der Waals surface area contributed by atoms with Crippen molar-refractivity contribution in [3.63, 3.8) is 0 Å². The number of aromatic amines is 1. The molecule has 2 aromatic carbocycles. The van der Waals surface area contributed by atoms with Crippen LogP contribution in [0.25, 0.3) is 10.9 Å². The highest BCUT2D eigenvalue weighted by atomic mass is 35.5. The van der Waals surface area contributed by atoms with E-state index >= 15 is 0 Å². The summed E-state index contributed by atoms with van der Waals surface area (Å²) >= 11 is 5.89. The highest BCUT2D eigenvalue weighted by molar-refractivity contribution is 6.31. The number of rotatable bonds is 5. The number of H-pyrrole nitrogens is 1. The van der Waals surface area contributed by atoms with E-state index in [2.05, 4.69) is 31.9 Å². The van der Waals surface area contributed by atoms with Gasteiger partial charge in [-0.05, 0) is 49.4 Å². The molecular formula is C21H16ClFN6. The molecule has 0 spiro atoms. The second-order valence-electron chi connectivity index (χ2n) is 6.54. The third-order valence-electron chi connectivity index (χ3n) is 4.41. The van der Waals surface area contributed by atoms with Crippen molar-refractivity contribution in [1.29, 1.82) is 5.26 Å². The van der Waals surface area contributed by atoms with Crippen LogP contribution in [-0.4, -0.2) is 15.2 Å². The molecule has 0 atom stereocenters. The first kappa shape index (κ1) is 18.7. The second kappa shape index (κ2) is 7.78. The van der Waals surface area contributed by atoms with E-state index in [0.29, 0.717) is 23.5 Å². The van der Waals surface area contributed by atoms with Crippen LogP contribution in [-0.2, 0) is 6.54 Å². The molecule has 0 aliphatic heterocycles. The maximum atomic E-state index is 13.5. The van der Waals surface area contributed by atoms with Crippen LogP contribution < -0.4 is 10.6 Å². The highest BCUT2D eigenvalue weighted by Crippen LogP contribution is 2.32. The van der Waals surface area contributed by atoms with Gasteiger partial charge in [0.1, 0.15) is 11.9 Å². The first-order chi connectivity index (χ1) is 14.0. The molecule has 0 aliphatic carbocycles. The van der Waals surface area contributed by atoms with Crippen molar-refractivity contribution < 1.29 is 4.39 Å². The smallest absolute Gasteiger partial charge is 0.141 e. The van der Waals surface area contributed by atoms with Crippen LogP contribution in [0, 0.1) is 24.1 Å². The monoisotopic (exact) mass is 406 g/mol. The quantitative estimate of drug-likeness (QED) is 0.419. The number of nitriles is 1. The van der Waals surface area contributed by atoms with E-state index in [1.165, 1.54) is 18.3 Å². The Balaban J connectivity index is 1.70. The summed E-state index contributed by atoms with van der Waals surface area (Å²) in [5.74, 6) is -0.502. The Labute approximate surface area is 171 Å². The molecular weight excluding hydrogens is 391 g/mol. The number of pyridine rings is 1. The molecule has 3 N–H and O–H groups in total. The van der Waals surface area contributed by atoms with Gasteiger partial charge in [-0.25, -0.2) is 4.39 Å². The van der Waals surface area contributed by atoms with E-state index in [1.807, 2.05) is 31.2 Å². The summed E-state index contributed by atoms with van der Waals surface area (Å²) in [7, 11) is 0. The fraction of sp³-hybridized carbons (Fsp3) is 0.0952. The third kappa shape index (κ3) is 3.98. The van der Waals surface area contributed by atoms with Crippen molar-refractivity contribution in [3.05, 3.63) is 76.5 Å². The molecule has 0 fully saturated rings. The zero-order chi connectivity index (χ0) is 20.4.